The maximum absolute atomic E-state index is 12.9. The molecule has 3 rings (SSSR count). The number of amides is 1. The number of hydrogen-bond acceptors (Lipinski definition) is 3. The topological polar surface area (TPSA) is 41.4 Å². The minimum absolute atomic E-state index is 0.00459. The summed E-state index contributed by atoms with van der Waals surface area (Å²) in [6, 6.07) is 17.7. The Hall–Kier alpha value is -3.08. The van der Waals surface area contributed by atoms with Crippen molar-refractivity contribution in [2.45, 2.75) is 20.4 Å². The van der Waals surface area contributed by atoms with E-state index in [9.17, 15) is 4.79 Å². The highest BCUT2D eigenvalue weighted by Crippen LogP contribution is 2.21. The second-order valence-electron chi connectivity index (χ2n) is 7.00. The van der Waals surface area contributed by atoms with Crippen LogP contribution in [-0.4, -0.2) is 41.7 Å². The van der Waals surface area contributed by atoms with E-state index < -0.39 is 0 Å². The van der Waals surface area contributed by atoms with Crippen LogP contribution in [-0.2, 0) is 6.54 Å². The van der Waals surface area contributed by atoms with Crippen LogP contribution < -0.4 is 4.90 Å². The molecule has 2 aromatic carbocycles. The van der Waals surface area contributed by atoms with Crippen LogP contribution in [0.4, 0.5) is 5.69 Å². The van der Waals surface area contributed by atoms with Crippen molar-refractivity contribution in [2.75, 3.05) is 26.0 Å². The fourth-order valence-corrected chi connectivity index (χ4v) is 3.17. The molecule has 0 spiro atoms. The predicted molar refractivity (Wildman–Crippen MR) is 110 cm³/mol. The van der Waals surface area contributed by atoms with Crippen LogP contribution in [0.15, 0.2) is 54.6 Å². The van der Waals surface area contributed by atoms with Crippen molar-refractivity contribution in [1.82, 2.24) is 14.7 Å². The molecule has 0 saturated heterocycles. The van der Waals surface area contributed by atoms with E-state index in [0.717, 1.165) is 28.3 Å². The van der Waals surface area contributed by atoms with Gasteiger partial charge in [-0.25, -0.2) is 4.68 Å². The molecule has 27 heavy (non-hydrogen) atoms. The number of hydrogen-bond donors (Lipinski definition) is 0. The Morgan fingerprint density at radius 2 is 1.70 bits per heavy atom. The minimum Gasteiger partial charge on any atom is -0.378 e. The third-order valence-electron chi connectivity index (χ3n) is 4.79. The van der Waals surface area contributed by atoms with Crippen molar-refractivity contribution >= 4 is 11.6 Å². The molecule has 0 radical (unpaired) electrons. The first-order valence-corrected chi connectivity index (χ1v) is 9.02. The fourth-order valence-electron chi connectivity index (χ4n) is 3.17. The van der Waals surface area contributed by atoms with E-state index in [0.29, 0.717) is 12.1 Å². The molecule has 1 aromatic heterocycles. The van der Waals surface area contributed by atoms with Crippen molar-refractivity contribution in [3.63, 3.8) is 0 Å². The fraction of sp³-hybridized carbons (Fsp3) is 0.273. The van der Waals surface area contributed by atoms with Crippen LogP contribution in [0.5, 0.6) is 0 Å². The second-order valence-corrected chi connectivity index (χ2v) is 7.00. The third-order valence-corrected chi connectivity index (χ3v) is 4.79. The summed E-state index contributed by atoms with van der Waals surface area (Å²) < 4.78 is 1.94. The molecule has 0 aliphatic heterocycles. The summed E-state index contributed by atoms with van der Waals surface area (Å²) in [7, 11) is 5.78. The van der Waals surface area contributed by atoms with E-state index in [1.54, 1.807) is 4.90 Å². The molecular formula is C22H26N4O. The number of anilines is 1. The Morgan fingerprint density at radius 1 is 1.00 bits per heavy atom. The van der Waals surface area contributed by atoms with Gasteiger partial charge in [-0.1, -0.05) is 24.3 Å². The lowest BCUT2D eigenvalue weighted by molar-refractivity contribution is 0.0785. The van der Waals surface area contributed by atoms with E-state index in [4.69, 9.17) is 0 Å². The molecule has 1 amide bonds. The first-order valence-electron chi connectivity index (χ1n) is 9.02. The molecule has 0 aliphatic carbocycles. The lowest BCUT2D eigenvalue weighted by Crippen LogP contribution is -2.27. The number of carbonyl (C=O) groups is 1. The summed E-state index contributed by atoms with van der Waals surface area (Å²) in [5.41, 5.74) is 5.81. The van der Waals surface area contributed by atoms with Crippen LogP contribution in [0.1, 0.15) is 27.3 Å². The van der Waals surface area contributed by atoms with Crippen molar-refractivity contribution < 1.29 is 4.79 Å². The van der Waals surface area contributed by atoms with Crippen molar-refractivity contribution in [3.05, 3.63) is 77.1 Å². The molecule has 0 fully saturated rings. The van der Waals surface area contributed by atoms with Crippen molar-refractivity contribution in [1.29, 1.82) is 0 Å². The number of benzene rings is 2. The van der Waals surface area contributed by atoms with E-state index in [1.807, 2.05) is 99.2 Å². The van der Waals surface area contributed by atoms with Gasteiger partial charge in [-0.15, -0.1) is 0 Å². The molecule has 1 heterocycles. The van der Waals surface area contributed by atoms with E-state index in [-0.39, 0.29) is 5.91 Å². The van der Waals surface area contributed by atoms with E-state index >= 15 is 0 Å². The Bertz CT molecular complexity index is 944. The number of para-hydroxylation sites is 1. The average Bonchev–Trinajstić information content (AvgIpc) is 2.96. The number of aryl methyl sites for hydroxylation is 1. The molecule has 140 valence electrons. The Balaban J connectivity index is 1.84. The average molecular weight is 362 g/mol. The second kappa shape index (κ2) is 7.66. The summed E-state index contributed by atoms with van der Waals surface area (Å²) in [6.07, 6.45) is 0. The molecule has 0 N–H and O–H groups in total. The Kier molecular flexibility index (Phi) is 5.31. The highest BCUT2D eigenvalue weighted by atomic mass is 16.2. The summed E-state index contributed by atoms with van der Waals surface area (Å²) in [6.45, 7) is 4.57. The minimum atomic E-state index is 0.00459. The predicted octanol–water partition coefficient (Wildman–Crippen LogP) is 3.83. The van der Waals surface area contributed by atoms with E-state index in [2.05, 4.69) is 5.10 Å². The molecule has 5 nitrogen and oxygen atoms in total. The van der Waals surface area contributed by atoms with Gasteiger partial charge in [0.05, 0.1) is 11.4 Å². The highest BCUT2D eigenvalue weighted by Gasteiger charge is 2.18. The summed E-state index contributed by atoms with van der Waals surface area (Å²) in [5, 5.41) is 4.67. The molecule has 0 bridgehead atoms. The normalized spacial score (nSPS) is 10.7. The molecule has 3 aromatic rings. The van der Waals surface area contributed by atoms with Crippen LogP contribution in [0, 0.1) is 13.8 Å². The van der Waals surface area contributed by atoms with Gasteiger partial charge in [0, 0.05) is 50.2 Å². The SMILES string of the molecule is Cc1nn(-c2ccccc2)c(C)c1CN(C)C(=O)c1cccc(N(C)C)c1. The van der Waals surface area contributed by atoms with E-state index in [1.165, 1.54) is 0 Å². The Labute approximate surface area is 160 Å². The first kappa shape index (κ1) is 18.7. The largest absolute Gasteiger partial charge is 0.378 e. The lowest BCUT2D eigenvalue weighted by Gasteiger charge is -2.19. The zero-order chi connectivity index (χ0) is 19.6. The number of carbonyl (C=O) groups excluding carboxylic acids is 1. The summed E-state index contributed by atoms with van der Waals surface area (Å²) >= 11 is 0. The van der Waals surface area contributed by atoms with Gasteiger partial charge in [-0.3, -0.25) is 4.79 Å². The van der Waals surface area contributed by atoms with Gasteiger partial charge < -0.3 is 9.80 Å². The number of aromatic nitrogens is 2. The number of nitrogens with zero attached hydrogens (tertiary/aromatic N) is 4. The van der Waals surface area contributed by atoms with Crippen molar-refractivity contribution in [2.24, 2.45) is 0 Å². The van der Waals surface area contributed by atoms with Crippen LogP contribution in [0.3, 0.4) is 0 Å². The first-order chi connectivity index (χ1) is 12.9. The zero-order valence-corrected chi connectivity index (χ0v) is 16.6. The van der Waals surface area contributed by atoms with Gasteiger partial charge in [0.2, 0.25) is 0 Å². The molecule has 5 heteroatoms. The number of rotatable bonds is 5. The molecular weight excluding hydrogens is 336 g/mol. The van der Waals surface area contributed by atoms with Crippen LogP contribution in [0.25, 0.3) is 5.69 Å². The van der Waals surface area contributed by atoms with Gasteiger partial charge in [-0.2, -0.15) is 5.10 Å². The van der Waals surface area contributed by atoms with Crippen LogP contribution in [0.2, 0.25) is 0 Å². The van der Waals surface area contributed by atoms with Crippen molar-refractivity contribution in [3.8, 4) is 5.69 Å². The standard InChI is InChI=1S/C22H26N4O/c1-16-21(17(2)26(23-16)19-11-7-6-8-12-19)15-25(5)22(27)18-10-9-13-20(14-18)24(3)4/h6-14H,15H2,1-5H3. The molecule has 0 aliphatic rings. The molecule has 0 saturated carbocycles. The monoisotopic (exact) mass is 362 g/mol. The highest BCUT2D eigenvalue weighted by molar-refractivity contribution is 5.95. The van der Waals surface area contributed by atoms with Gasteiger partial charge in [0.1, 0.15) is 0 Å². The van der Waals surface area contributed by atoms with Gasteiger partial charge in [0.25, 0.3) is 5.91 Å². The maximum atomic E-state index is 12.9. The molecule has 0 atom stereocenters. The van der Waals surface area contributed by atoms with Gasteiger partial charge >= 0.3 is 0 Å². The van der Waals surface area contributed by atoms with Gasteiger partial charge in [-0.05, 0) is 44.2 Å². The Morgan fingerprint density at radius 3 is 2.37 bits per heavy atom. The quantitative estimate of drug-likeness (QED) is 0.693. The van der Waals surface area contributed by atoms with Gasteiger partial charge in [0.15, 0.2) is 0 Å². The molecule has 0 unspecified atom stereocenters. The summed E-state index contributed by atoms with van der Waals surface area (Å²) in [4.78, 5) is 16.6. The third kappa shape index (κ3) is 3.87. The zero-order valence-electron chi connectivity index (χ0n) is 16.6. The van der Waals surface area contributed by atoms with Crippen LogP contribution >= 0.6 is 0 Å². The maximum Gasteiger partial charge on any atom is 0.253 e. The smallest absolute Gasteiger partial charge is 0.253 e. The lowest BCUT2D eigenvalue weighted by atomic mass is 10.1. The summed E-state index contributed by atoms with van der Waals surface area (Å²) in [5.74, 6) is 0.00459.